The van der Waals surface area contributed by atoms with E-state index in [2.05, 4.69) is 5.32 Å². The largest absolute Gasteiger partial charge is 0.353 e. The van der Waals surface area contributed by atoms with Crippen LogP contribution in [0.3, 0.4) is 0 Å². The van der Waals surface area contributed by atoms with E-state index in [-0.39, 0.29) is 11.7 Å². The summed E-state index contributed by atoms with van der Waals surface area (Å²) in [5, 5.41) is 3.04. The van der Waals surface area contributed by atoms with E-state index in [1.807, 2.05) is 19.1 Å². The molecule has 1 aliphatic heterocycles. The topological polar surface area (TPSA) is 29.1 Å². The third-order valence-electron chi connectivity index (χ3n) is 5.42. The zero-order chi connectivity index (χ0) is 15.6. The van der Waals surface area contributed by atoms with Gasteiger partial charge in [-0.05, 0) is 61.6 Å². The van der Waals surface area contributed by atoms with Crippen LogP contribution in [0.15, 0.2) is 18.2 Å². The number of hydrogen-bond donors (Lipinski definition) is 1. The maximum Gasteiger partial charge on any atom is 0.220 e. The lowest BCUT2D eigenvalue weighted by atomic mass is 9.89. The summed E-state index contributed by atoms with van der Waals surface area (Å²) >= 11 is 0. The van der Waals surface area contributed by atoms with Crippen molar-refractivity contribution in [3.05, 3.63) is 35.1 Å². The Morgan fingerprint density at radius 3 is 2.73 bits per heavy atom. The Hall–Kier alpha value is -1.38. The van der Waals surface area contributed by atoms with Crippen molar-refractivity contribution in [1.29, 1.82) is 0 Å². The third kappa shape index (κ3) is 3.50. The molecule has 2 nitrogen and oxygen atoms in total. The predicted octanol–water partition coefficient (Wildman–Crippen LogP) is 4.39. The summed E-state index contributed by atoms with van der Waals surface area (Å²) in [4.78, 5) is 11.2. The van der Waals surface area contributed by atoms with Crippen molar-refractivity contribution in [2.45, 2.75) is 76.2 Å². The third-order valence-corrected chi connectivity index (χ3v) is 5.42. The highest BCUT2D eigenvalue weighted by Crippen LogP contribution is 2.52. The molecule has 1 aromatic carbocycles. The van der Waals surface area contributed by atoms with E-state index < -0.39 is 0 Å². The van der Waals surface area contributed by atoms with E-state index in [0.29, 0.717) is 17.9 Å². The fourth-order valence-corrected chi connectivity index (χ4v) is 3.73. The van der Waals surface area contributed by atoms with E-state index in [4.69, 9.17) is 0 Å². The number of aryl methyl sites for hydroxylation is 1. The monoisotopic (exact) mass is 303 g/mol. The van der Waals surface area contributed by atoms with Crippen LogP contribution in [0.5, 0.6) is 0 Å². The van der Waals surface area contributed by atoms with Crippen LogP contribution < -0.4 is 5.32 Å². The van der Waals surface area contributed by atoms with Gasteiger partial charge in [-0.2, -0.15) is 0 Å². The summed E-state index contributed by atoms with van der Waals surface area (Å²) in [6, 6.07) is 6.05. The minimum Gasteiger partial charge on any atom is -0.353 e. The summed E-state index contributed by atoms with van der Waals surface area (Å²) in [5.74, 6) is 0.117. The molecule has 120 valence electrons. The van der Waals surface area contributed by atoms with E-state index in [0.717, 1.165) is 18.4 Å². The first-order chi connectivity index (χ1) is 10.6. The van der Waals surface area contributed by atoms with Crippen molar-refractivity contribution in [3.63, 3.8) is 0 Å². The van der Waals surface area contributed by atoms with Crippen LogP contribution in [0.2, 0.25) is 0 Å². The van der Waals surface area contributed by atoms with Crippen molar-refractivity contribution >= 4 is 5.91 Å². The van der Waals surface area contributed by atoms with E-state index in [1.54, 1.807) is 6.07 Å². The lowest BCUT2D eigenvalue weighted by Crippen LogP contribution is -2.24. The van der Waals surface area contributed by atoms with Crippen LogP contribution >= 0.6 is 0 Å². The molecule has 1 saturated heterocycles. The highest BCUT2D eigenvalue weighted by Gasteiger charge is 2.43. The number of unbranched alkanes of at least 4 members (excludes halogenated alkanes) is 2. The van der Waals surface area contributed by atoms with Crippen molar-refractivity contribution in [2.24, 2.45) is 0 Å². The summed E-state index contributed by atoms with van der Waals surface area (Å²) in [6.45, 7) is 1.85. The SMILES string of the molecule is Cc1cc(C2(CCCCCC3CCC(=O)N3)CC2)ccc1F. The predicted molar refractivity (Wildman–Crippen MR) is 86.3 cm³/mol. The molecular formula is C19H26FNO. The van der Waals surface area contributed by atoms with Crippen LogP contribution in [0.25, 0.3) is 0 Å². The number of nitrogens with one attached hydrogen (secondary N) is 1. The first-order valence-electron chi connectivity index (χ1n) is 8.65. The van der Waals surface area contributed by atoms with E-state index in [1.165, 1.54) is 44.1 Å². The van der Waals surface area contributed by atoms with Crippen molar-refractivity contribution in [3.8, 4) is 0 Å². The Morgan fingerprint density at radius 1 is 1.27 bits per heavy atom. The lowest BCUT2D eigenvalue weighted by molar-refractivity contribution is -0.119. The number of benzene rings is 1. The van der Waals surface area contributed by atoms with Gasteiger partial charge in [-0.1, -0.05) is 31.4 Å². The Kier molecular flexibility index (Phi) is 4.51. The first kappa shape index (κ1) is 15.5. The fraction of sp³-hybridized carbons (Fsp3) is 0.632. The summed E-state index contributed by atoms with van der Waals surface area (Å²) < 4.78 is 13.4. The normalized spacial score (nSPS) is 22.6. The molecule has 0 spiro atoms. The molecule has 0 bridgehead atoms. The standard InChI is InChI=1S/C19H26FNO/c1-14-13-15(6-8-17(14)20)19(11-12-19)10-4-2-3-5-16-7-9-18(22)21-16/h6,8,13,16H,2-5,7,9-12H2,1H3,(H,21,22). The number of amides is 1. The maximum atomic E-state index is 13.4. The molecule has 1 atom stereocenters. The second-order valence-corrected chi connectivity index (χ2v) is 7.15. The molecule has 22 heavy (non-hydrogen) atoms. The lowest BCUT2D eigenvalue weighted by Gasteiger charge is -2.17. The quantitative estimate of drug-likeness (QED) is 0.743. The van der Waals surface area contributed by atoms with Gasteiger partial charge in [-0.25, -0.2) is 4.39 Å². The van der Waals surface area contributed by atoms with Crippen LogP contribution in [0, 0.1) is 12.7 Å². The van der Waals surface area contributed by atoms with Gasteiger partial charge in [0.1, 0.15) is 5.82 Å². The number of carbonyl (C=O) groups is 1. The molecular weight excluding hydrogens is 277 g/mol. The van der Waals surface area contributed by atoms with Crippen molar-refractivity contribution in [1.82, 2.24) is 5.32 Å². The van der Waals surface area contributed by atoms with Crippen molar-refractivity contribution < 1.29 is 9.18 Å². The molecule has 0 aromatic heterocycles. The molecule has 2 fully saturated rings. The van der Waals surface area contributed by atoms with Gasteiger partial charge in [-0.15, -0.1) is 0 Å². The molecule has 3 heteroatoms. The number of halogens is 1. The van der Waals surface area contributed by atoms with Gasteiger partial charge in [0.2, 0.25) is 5.91 Å². The molecule has 1 saturated carbocycles. The Labute approximate surface area is 132 Å². The van der Waals surface area contributed by atoms with Gasteiger partial charge in [0.05, 0.1) is 0 Å². The van der Waals surface area contributed by atoms with Gasteiger partial charge in [-0.3, -0.25) is 4.79 Å². The zero-order valence-electron chi connectivity index (χ0n) is 13.5. The number of rotatable bonds is 7. The van der Waals surface area contributed by atoms with Crippen LogP contribution in [-0.4, -0.2) is 11.9 Å². The molecule has 1 unspecified atom stereocenters. The second-order valence-electron chi connectivity index (χ2n) is 7.15. The molecule has 0 radical (unpaired) electrons. The van der Waals surface area contributed by atoms with Gasteiger partial charge >= 0.3 is 0 Å². The van der Waals surface area contributed by atoms with E-state index in [9.17, 15) is 9.18 Å². The number of carbonyl (C=O) groups excluding carboxylic acids is 1. The van der Waals surface area contributed by atoms with Gasteiger partial charge in [0, 0.05) is 12.5 Å². The Balaban J connectivity index is 1.41. The van der Waals surface area contributed by atoms with Crippen molar-refractivity contribution in [2.75, 3.05) is 0 Å². The second kappa shape index (κ2) is 6.39. The number of hydrogen-bond acceptors (Lipinski definition) is 1. The summed E-state index contributed by atoms with van der Waals surface area (Å²) in [5.41, 5.74) is 2.43. The molecule has 1 aromatic rings. The summed E-state index contributed by atoms with van der Waals surface area (Å²) in [7, 11) is 0. The zero-order valence-corrected chi connectivity index (χ0v) is 13.5. The van der Waals surface area contributed by atoms with E-state index >= 15 is 0 Å². The molecule has 3 rings (SSSR count). The smallest absolute Gasteiger partial charge is 0.220 e. The average Bonchev–Trinajstić information content (AvgIpc) is 3.17. The van der Waals surface area contributed by atoms with Gasteiger partial charge < -0.3 is 5.32 Å². The van der Waals surface area contributed by atoms with Gasteiger partial charge in [0.25, 0.3) is 0 Å². The highest BCUT2D eigenvalue weighted by atomic mass is 19.1. The first-order valence-corrected chi connectivity index (χ1v) is 8.65. The minimum atomic E-state index is -0.0989. The highest BCUT2D eigenvalue weighted by molar-refractivity contribution is 5.78. The van der Waals surface area contributed by atoms with Crippen LogP contribution in [-0.2, 0) is 10.2 Å². The van der Waals surface area contributed by atoms with Crippen LogP contribution in [0.4, 0.5) is 4.39 Å². The summed E-state index contributed by atoms with van der Waals surface area (Å²) in [6.07, 6.45) is 10.2. The molecule has 1 aliphatic carbocycles. The Bertz CT molecular complexity index is 550. The minimum absolute atomic E-state index is 0.0989. The molecule has 2 aliphatic rings. The fourth-order valence-electron chi connectivity index (χ4n) is 3.73. The molecule has 1 heterocycles. The van der Waals surface area contributed by atoms with Gasteiger partial charge in [0.15, 0.2) is 0 Å². The Morgan fingerprint density at radius 2 is 2.09 bits per heavy atom. The molecule has 1 N–H and O–H groups in total. The van der Waals surface area contributed by atoms with Crippen LogP contribution in [0.1, 0.15) is 68.9 Å². The molecule has 1 amide bonds. The maximum absolute atomic E-state index is 13.4. The average molecular weight is 303 g/mol.